The number of amides is 2. The maximum atomic E-state index is 12.5. The van der Waals surface area contributed by atoms with Crippen LogP contribution in [0.4, 0.5) is 11.4 Å². The number of carbonyl (C=O) groups excluding carboxylic acids is 2. The molecule has 2 amide bonds. The summed E-state index contributed by atoms with van der Waals surface area (Å²) in [6, 6.07) is 15.4. The zero-order valence-corrected chi connectivity index (χ0v) is 15.8. The van der Waals surface area contributed by atoms with E-state index in [1.807, 2.05) is 53.4 Å². The fourth-order valence-corrected chi connectivity index (χ4v) is 3.20. The molecule has 1 heterocycles. The number of nitrogens with one attached hydrogen (secondary N) is 1. The van der Waals surface area contributed by atoms with Crippen LogP contribution in [0.3, 0.4) is 0 Å². The predicted octanol–water partition coefficient (Wildman–Crippen LogP) is 2.54. The number of anilines is 2. The number of benzene rings is 2. The first-order chi connectivity index (χ1) is 13.0. The van der Waals surface area contributed by atoms with Gasteiger partial charge in [-0.05, 0) is 42.0 Å². The molecule has 0 saturated carbocycles. The zero-order chi connectivity index (χ0) is 19.2. The Balaban J connectivity index is 1.51. The minimum Gasteiger partial charge on any atom is -0.497 e. The molecule has 1 N–H and O–H groups in total. The Bertz CT molecular complexity index is 779. The average molecular weight is 367 g/mol. The van der Waals surface area contributed by atoms with E-state index in [1.54, 1.807) is 7.11 Å². The van der Waals surface area contributed by atoms with E-state index in [4.69, 9.17) is 4.74 Å². The summed E-state index contributed by atoms with van der Waals surface area (Å²) >= 11 is 0. The van der Waals surface area contributed by atoms with Crippen LogP contribution in [0.25, 0.3) is 0 Å². The van der Waals surface area contributed by atoms with Crippen LogP contribution in [-0.4, -0.2) is 50.0 Å². The van der Waals surface area contributed by atoms with Crippen molar-refractivity contribution in [3.8, 4) is 5.75 Å². The summed E-state index contributed by atoms with van der Waals surface area (Å²) in [4.78, 5) is 27.8. The summed E-state index contributed by atoms with van der Waals surface area (Å²) in [5.74, 6) is 0.872. The van der Waals surface area contributed by atoms with Crippen molar-refractivity contribution >= 4 is 23.2 Å². The molecule has 2 aromatic rings. The van der Waals surface area contributed by atoms with Crippen LogP contribution in [0.15, 0.2) is 48.5 Å². The smallest absolute Gasteiger partial charge is 0.227 e. The van der Waals surface area contributed by atoms with E-state index in [0.717, 1.165) is 35.8 Å². The summed E-state index contributed by atoms with van der Waals surface area (Å²) in [6.07, 6.45) is 0.412. The summed E-state index contributed by atoms with van der Waals surface area (Å²) in [6.45, 7) is 4.52. The molecular formula is C21H25N3O3. The Morgan fingerprint density at radius 2 is 1.59 bits per heavy atom. The van der Waals surface area contributed by atoms with Gasteiger partial charge < -0.3 is 19.9 Å². The van der Waals surface area contributed by atoms with E-state index < -0.39 is 0 Å². The molecule has 0 aromatic heterocycles. The highest BCUT2D eigenvalue weighted by atomic mass is 16.5. The largest absolute Gasteiger partial charge is 0.497 e. The first-order valence-electron chi connectivity index (χ1n) is 9.08. The van der Waals surface area contributed by atoms with E-state index in [1.165, 1.54) is 6.92 Å². The molecule has 0 aliphatic carbocycles. The molecule has 2 aromatic carbocycles. The van der Waals surface area contributed by atoms with Gasteiger partial charge in [-0.25, -0.2) is 0 Å². The molecule has 6 nitrogen and oxygen atoms in total. The highest BCUT2D eigenvalue weighted by Crippen LogP contribution is 2.20. The van der Waals surface area contributed by atoms with Crippen LogP contribution < -0.4 is 15.0 Å². The van der Waals surface area contributed by atoms with Crippen molar-refractivity contribution < 1.29 is 14.3 Å². The summed E-state index contributed by atoms with van der Waals surface area (Å²) in [5, 5.41) is 2.77. The third-order valence-corrected chi connectivity index (χ3v) is 4.70. The van der Waals surface area contributed by atoms with Crippen molar-refractivity contribution in [2.75, 3.05) is 43.5 Å². The van der Waals surface area contributed by atoms with Gasteiger partial charge in [0.2, 0.25) is 11.8 Å². The topological polar surface area (TPSA) is 61.9 Å². The first kappa shape index (κ1) is 18.8. The van der Waals surface area contributed by atoms with Crippen molar-refractivity contribution in [3.63, 3.8) is 0 Å². The van der Waals surface area contributed by atoms with Crippen molar-refractivity contribution in [1.29, 1.82) is 0 Å². The SMILES string of the molecule is COc1ccc(CC(=O)N2CCN(c3ccc(NC(C)=O)cc3)CC2)cc1. The van der Waals surface area contributed by atoms with Gasteiger partial charge >= 0.3 is 0 Å². The fourth-order valence-electron chi connectivity index (χ4n) is 3.20. The molecule has 0 spiro atoms. The highest BCUT2D eigenvalue weighted by molar-refractivity contribution is 5.88. The lowest BCUT2D eigenvalue weighted by Gasteiger charge is -2.36. The van der Waals surface area contributed by atoms with Crippen molar-refractivity contribution in [2.45, 2.75) is 13.3 Å². The number of carbonyl (C=O) groups is 2. The van der Waals surface area contributed by atoms with E-state index in [2.05, 4.69) is 10.2 Å². The lowest BCUT2D eigenvalue weighted by atomic mass is 10.1. The van der Waals surface area contributed by atoms with Crippen LogP contribution in [-0.2, 0) is 16.0 Å². The van der Waals surface area contributed by atoms with Crippen LogP contribution in [0, 0.1) is 0 Å². The number of hydrogen-bond acceptors (Lipinski definition) is 4. The number of methoxy groups -OCH3 is 1. The van der Waals surface area contributed by atoms with E-state index in [-0.39, 0.29) is 11.8 Å². The summed E-state index contributed by atoms with van der Waals surface area (Å²) < 4.78 is 5.15. The number of piperazine rings is 1. The number of hydrogen-bond donors (Lipinski definition) is 1. The molecule has 1 aliphatic heterocycles. The molecule has 0 atom stereocenters. The second-order valence-electron chi connectivity index (χ2n) is 6.62. The summed E-state index contributed by atoms with van der Waals surface area (Å²) in [7, 11) is 1.63. The molecule has 6 heteroatoms. The fraction of sp³-hybridized carbons (Fsp3) is 0.333. The predicted molar refractivity (Wildman–Crippen MR) is 106 cm³/mol. The normalized spacial score (nSPS) is 14.0. The zero-order valence-electron chi connectivity index (χ0n) is 15.8. The van der Waals surface area contributed by atoms with Crippen LogP contribution >= 0.6 is 0 Å². The summed E-state index contributed by atoms with van der Waals surface area (Å²) in [5.41, 5.74) is 2.89. The van der Waals surface area contributed by atoms with Crippen molar-refractivity contribution in [3.05, 3.63) is 54.1 Å². The van der Waals surface area contributed by atoms with Crippen LogP contribution in [0.5, 0.6) is 5.75 Å². The van der Waals surface area contributed by atoms with Gasteiger partial charge in [-0.3, -0.25) is 9.59 Å². The molecule has 1 aliphatic rings. The van der Waals surface area contributed by atoms with Crippen molar-refractivity contribution in [1.82, 2.24) is 4.90 Å². The standard InChI is InChI=1S/C21H25N3O3/c1-16(25)22-18-5-7-19(8-6-18)23-11-13-24(14-12-23)21(26)15-17-3-9-20(27-2)10-4-17/h3-10H,11-15H2,1-2H3,(H,22,25). The Hall–Kier alpha value is -3.02. The third-order valence-electron chi connectivity index (χ3n) is 4.70. The molecule has 27 heavy (non-hydrogen) atoms. The quantitative estimate of drug-likeness (QED) is 0.882. The maximum absolute atomic E-state index is 12.5. The van der Waals surface area contributed by atoms with Gasteiger partial charge in [-0.2, -0.15) is 0 Å². The van der Waals surface area contributed by atoms with Gasteiger partial charge in [0.15, 0.2) is 0 Å². The molecule has 1 saturated heterocycles. The number of rotatable bonds is 5. The van der Waals surface area contributed by atoms with Crippen LogP contribution in [0.1, 0.15) is 12.5 Å². The van der Waals surface area contributed by atoms with Gasteiger partial charge in [0, 0.05) is 44.5 Å². The molecule has 3 rings (SSSR count). The minimum absolute atomic E-state index is 0.0771. The van der Waals surface area contributed by atoms with Crippen LogP contribution in [0.2, 0.25) is 0 Å². The van der Waals surface area contributed by atoms with Crippen molar-refractivity contribution in [2.24, 2.45) is 0 Å². The Kier molecular flexibility index (Phi) is 5.96. The lowest BCUT2D eigenvalue weighted by Crippen LogP contribution is -2.49. The Morgan fingerprint density at radius 1 is 0.963 bits per heavy atom. The molecule has 0 bridgehead atoms. The van der Waals surface area contributed by atoms with E-state index >= 15 is 0 Å². The van der Waals surface area contributed by atoms with Gasteiger partial charge in [0.05, 0.1) is 13.5 Å². The maximum Gasteiger partial charge on any atom is 0.227 e. The van der Waals surface area contributed by atoms with Gasteiger partial charge in [-0.15, -0.1) is 0 Å². The molecular weight excluding hydrogens is 342 g/mol. The monoisotopic (exact) mass is 367 g/mol. The minimum atomic E-state index is -0.0771. The third kappa shape index (κ3) is 5.00. The second kappa shape index (κ2) is 8.58. The number of ether oxygens (including phenoxy) is 1. The molecule has 0 radical (unpaired) electrons. The lowest BCUT2D eigenvalue weighted by molar-refractivity contribution is -0.130. The van der Waals surface area contributed by atoms with Gasteiger partial charge in [0.1, 0.15) is 5.75 Å². The van der Waals surface area contributed by atoms with E-state index in [0.29, 0.717) is 19.5 Å². The molecule has 142 valence electrons. The number of nitrogens with zero attached hydrogens (tertiary/aromatic N) is 2. The van der Waals surface area contributed by atoms with E-state index in [9.17, 15) is 9.59 Å². The first-order valence-corrected chi connectivity index (χ1v) is 9.08. The Morgan fingerprint density at radius 3 is 2.15 bits per heavy atom. The van der Waals surface area contributed by atoms with Gasteiger partial charge in [-0.1, -0.05) is 12.1 Å². The second-order valence-corrected chi connectivity index (χ2v) is 6.62. The molecule has 0 unspecified atom stereocenters. The Labute approximate surface area is 159 Å². The molecule has 1 fully saturated rings. The average Bonchev–Trinajstić information content (AvgIpc) is 2.69. The van der Waals surface area contributed by atoms with Gasteiger partial charge in [0.25, 0.3) is 0 Å². The highest BCUT2D eigenvalue weighted by Gasteiger charge is 2.21.